The standard InChI is InChI=1S/C26H27FN4O/c1-5-6-15-30(4)24-17(2)26(32)31(21-12-9-19(10-13-21)18-7-8-18)25(29-24)20-11-14-23(28-3)22(27)16-20/h9-14,16,18H,5-8,15H2,1-2,4H3. The first-order valence-electron chi connectivity index (χ1n) is 11.1. The Morgan fingerprint density at radius 1 is 1.22 bits per heavy atom. The second kappa shape index (κ2) is 8.96. The first kappa shape index (κ1) is 21.8. The average Bonchev–Trinajstić information content (AvgIpc) is 3.64. The summed E-state index contributed by atoms with van der Waals surface area (Å²) in [4.78, 5) is 23.6. The molecule has 0 amide bonds. The second-order valence-electron chi connectivity index (χ2n) is 8.44. The summed E-state index contributed by atoms with van der Waals surface area (Å²) in [5, 5.41) is 0. The van der Waals surface area contributed by atoms with Crippen LogP contribution in [0.5, 0.6) is 0 Å². The summed E-state index contributed by atoms with van der Waals surface area (Å²) >= 11 is 0. The highest BCUT2D eigenvalue weighted by Crippen LogP contribution is 2.40. The van der Waals surface area contributed by atoms with E-state index in [1.807, 2.05) is 24.1 Å². The number of hydrogen-bond acceptors (Lipinski definition) is 3. The molecular formula is C26H27FN4O. The minimum Gasteiger partial charge on any atom is -0.359 e. The highest BCUT2D eigenvalue weighted by Gasteiger charge is 2.24. The lowest BCUT2D eigenvalue weighted by Crippen LogP contribution is -2.30. The van der Waals surface area contributed by atoms with Crippen LogP contribution in [-0.4, -0.2) is 23.1 Å². The van der Waals surface area contributed by atoms with Gasteiger partial charge in [-0.1, -0.05) is 37.6 Å². The molecule has 2 aromatic carbocycles. The Morgan fingerprint density at radius 2 is 1.94 bits per heavy atom. The molecule has 0 unspecified atom stereocenters. The van der Waals surface area contributed by atoms with Crippen molar-refractivity contribution in [2.45, 2.75) is 45.4 Å². The van der Waals surface area contributed by atoms with Gasteiger partial charge in [-0.15, -0.1) is 0 Å². The molecule has 0 radical (unpaired) electrons. The van der Waals surface area contributed by atoms with E-state index in [1.54, 1.807) is 17.6 Å². The first-order chi connectivity index (χ1) is 15.4. The molecule has 164 valence electrons. The molecule has 1 fully saturated rings. The third kappa shape index (κ3) is 4.16. The molecular weight excluding hydrogens is 403 g/mol. The quantitative estimate of drug-likeness (QED) is 0.431. The first-order valence-corrected chi connectivity index (χ1v) is 11.1. The van der Waals surface area contributed by atoms with Crippen LogP contribution in [0.15, 0.2) is 47.3 Å². The number of halogens is 1. The molecule has 1 aromatic heterocycles. The fraction of sp³-hybridized carbons (Fsp3) is 0.346. The van der Waals surface area contributed by atoms with E-state index in [-0.39, 0.29) is 11.2 Å². The van der Waals surface area contributed by atoms with Crippen LogP contribution < -0.4 is 10.5 Å². The number of benzene rings is 2. The number of rotatable bonds is 7. The van der Waals surface area contributed by atoms with Gasteiger partial charge < -0.3 is 4.90 Å². The van der Waals surface area contributed by atoms with Crippen LogP contribution in [0, 0.1) is 19.3 Å². The van der Waals surface area contributed by atoms with Gasteiger partial charge in [0.25, 0.3) is 5.56 Å². The van der Waals surface area contributed by atoms with Gasteiger partial charge in [0, 0.05) is 19.2 Å². The molecule has 0 saturated heterocycles. The van der Waals surface area contributed by atoms with Crippen LogP contribution in [0.3, 0.4) is 0 Å². The normalized spacial score (nSPS) is 13.1. The summed E-state index contributed by atoms with van der Waals surface area (Å²) in [6, 6.07) is 12.4. The maximum Gasteiger partial charge on any atom is 0.263 e. The van der Waals surface area contributed by atoms with E-state index < -0.39 is 5.82 Å². The van der Waals surface area contributed by atoms with Gasteiger partial charge in [0.15, 0.2) is 0 Å². The molecule has 0 atom stereocenters. The molecule has 0 N–H and O–H groups in total. The molecule has 32 heavy (non-hydrogen) atoms. The van der Waals surface area contributed by atoms with E-state index in [1.165, 1.54) is 30.5 Å². The Kier molecular flexibility index (Phi) is 6.09. The van der Waals surface area contributed by atoms with Gasteiger partial charge in [-0.2, -0.15) is 0 Å². The molecule has 1 aliphatic carbocycles. The van der Waals surface area contributed by atoms with Gasteiger partial charge in [0.1, 0.15) is 17.5 Å². The van der Waals surface area contributed by atoms with Gasteiger partial charge >= 0.3 is 0 Å². The smallest absolute Gasteiger partial charge is 0.263 e. The highest BCUT2D eigenvalue weighted by molar-refractivity contribution is 5.65. The van der Waals surface area contributed by atoms with Crippen LogP contribution in [0.1, 0.15) is 49.7 Å². The van der Waals surface area contributed by atoms with E-state index in [9.17, 15) is 9.18 Å². The number of hydrogen-bond donors (Lipinski definition) is 0. The predicted molar refractivity (Wildman–Crippen MR) is 126 cm³/mol. The summed E-state index contributed by atoms with van der Waals surface area (Å²) in [6.07, 6.45) is 4.42. The SMILES string of the molecule is [C-]#[N+]c1ccc(-c2nc(N(C)CCCC)c(C)c(=O)n2-c2ccc(C3CC3)cc2)cc1F. The monoisotopic (exact) mass is 430 g/mol. The Hall–Kier alpha value is -3.46. The molecule has 1 aliphatic rings. The highest BCUT2D eigenvalue weighted by atomic mass is 19.1. The van der Waals surface area contributed by atoms with Crippen molar-refractivity contribution in [2.75, 3.05) is 18.5 Å². The summed E-state index contributed by atoms with van der Waals surface area (Å²) < 4.78 is 16.0. The van der Waals surface area contributed by atoms with Gasteiger partial charge in [-0.05, 0) is 55.9 Å². The molecule has 3 aromatic rings. The van der Waals surface area contributed by atoms with Crippen molar-refractivity contribution in [1.29, 1.82) is 0 Å². The van der Waals surface area contributed by atoms with Crippen LogP contribution in [0.25, 0.3) is 21.9 Å². The van der Waals surface area contributed by atoms with Crippen LogP contribution in [0.2, 0.25) is 0 Å². The van der Waals surface area contributed by atoms with Gasteiger partial charge in [0.2, 0.25) is 5.69 Å². The largest absolute Gasteiger partial charge is 0.359 e. The van der Waals surface area contributed by atoms with Crippen LogP contribution >= 0.6 is 0 Å². The van der Waals surface area contributed by atoms with Crippen LogP contribution in [0.4, 0.5) is 15.9 Å². The predicted octanol–water partition coefficient (Wildman–Crippen LogP) is 6.01. The Labute approximate surface area is 188 Å². The molecule has 0 bridgehead atoms. The minimum absolute atomic E-state index is 0.0520. The third-order valence-corrected chi connectivity index (χ3v) is 6.02. The fourth-order valence-corrected chi connectivity index (χ4v) is 3.95. The van der Waals surface area contributed by atoms with Gasteiger partial charge in [-0.25, -0.2) is 14.2 Å². The maximum absolute atomic E-state index is 14.5. The number of aromatic nitrogens is 2. The molecule has 1 saturated carbocycles. The third-order valence-electron chi connectivity index (χ3n) is 6.02. The zero-order valence-corrected chi connectivity index (χ0v) is 18.7. The van der Waals surface area contributed by atoms with Crippen molar-refractivity contribution in [3.05, 3.63) is 81.2 Å². The Bertz CT molecular complexity index is 1240. The van der Waals surface area contributed by atoms with E-state index >= 15 is 0 Å². The zero-order valence-electron chi connectivity index (χ0n) is 18.7. The topological polar surface area (TPSA) is 42.5 Å². The summed E-state index contributed by atoms with van der Waals surface area (Å²) in [5.41, 5.74) is 2.75. The lowest BCUT2D eigenvalue weighted by atomic mass is 10.1. The van der Waals surface area contributed by atoms with Crippen molar-refractivity contribution >= 4 is 11.5 Å². The van der Waals surface area contributed by atoms with E-state index in [2.05, 4.69) is 23.9 Å². The number of nitrogens with zero attached hydrogens (tertiary/aromatic N) is 4. The van der Waals surface area contributed by atoms with Crippen molar-refractivity contribution in [3.8, 4) is 17.1 Å². The summed E-state index contributed by atoms with van der Waals surface area (Å²) in [5.74, 6) is 0.960. The second-order valence-corrected chi connectivity index (χ2v) is 8.44. The molecule has 6 heteroatoms. The van der Waals surface area contributed by atoms with Crippen molar-refractivity contribution in [1.82, 2.24) is 9.55 Å². The molecule has 0 spiro atoms. The summed E-state index contributed by atoms with van der Waals surface area (Å²) in [6.45, 7) is 11.8. The average molecular weight is 431 g/mol. The van der Waals surface area contributed by atoms with E-state index in [0.717, 1.165) is 19.4 Å². The van der Waals surface area contributed by atoms with Gasteiger partial charge in [-0.3, -0.25) is 9.36 Å². The molecule has 5 nitrogen and oxygen atoms in total. The zero-order chi connectivity index (χ0) is 22.8. The Morgan fingerprint density at radius 3 is 2.53 bits per heavy atom. The van der Waals surface area contributed by atoms with Crippen molar-refractivity contribution in [2.24, 2.45) is 0 Å². The lowest BCUT2D eigenvalue weighted by molar-refractivity contribution is 0.634. The fourth-order valence-electron chi connectivity index (χ4n) is 3.95. The Balaban J connectivity index is 1.91. The lowest BCUT2D eigenvalue weighted by Gasteiger charge is -2.23. The number of unbranched alkanes of at least 4 members (excludes halogenated alkanes) is 1. The van der Waals surface area contributed by atoms with Crippen molar-refractivity contribution < 1.29 is 4.39 Å². The molecule has 4 rings (SSSR count). The summed E-state index contributed by atoms with van der Waals surface area (Å²) in [7, 11) is 1.92. The maximum atomic E-state index is 14.5. The number of anilines is 1. The van der Waals surface area contributed by atoms with Gasteiger partial charge in [0.05, 0.1) is 17.8 Å². The molecule has 0 aliphatic heterocycles. The van der Waals surface area contributed by atoms with Crippen molar-refractivity contribution in [3.63, 3.8) is 0 Å². The molecule has 1 heterocycles. The van der Waals surface area contributed by atoms with E-state index in [0.29, 0.717) is 34.4 Å². The minimum atomic E-state index is -0.621. The van der Waals surface area contributed by atoms with Crippen LogP contribution in [-0.2, 0) is 0 Å². The van der Waals surface area contributed by atoms with E-state index in [4.69, 9.17) is 11.6 Å².